The van der Waals surface area contributed by atoms with Crippen LogP contribution in [0, 0.1) is 6.92 Å². The van der Waals surface area contributed by atoms with Crippen LogP contribution < -0.4 is 15.5 Å². The van der Waals surface area contributed by atoms with E-state index in [9.17, 15) is 9.90 Å². The lowest BCUT2D eigenvalue weighted by atomic mass is 10.1. The summed E-state index contributed by atoms with van der Waals surface area (Å²) in [4.78, 5) is 19.0. The van der Waals surface area contributed by atoms with E-state index in [1.807, 2.05) is 48.1 Å². The van der Waals surface area contributed by atoms with Crippen molar-refractivity contribution in [2.45, 2.75) is 25.9 Å². The molecule has 8 nitrogen and oxygen atoms in total. The van der Waals surface area contributed by atoms with Crippen molar-refractivity contribution in [2.75, 3.05) is 28.6 Å². The largest absolute Gasteiger partial charge is 0.393 e. The SMILES string of the molecule is Cc1cc(C(=O)Nc2ccc(-n3ncc4cc(Nc5ccc(N6CCC(O)CC6)cc5)ccc43)cc2)ccn1. The molecule has 1 aliphatic heterocycles. The smallest absolute Gasteiger partial charge is 0.255 e. The first kappa shape index (κ1) is 24.6. The zero-order chi connectivity index (χ0) is 26.8. The minimum Gasteiger partial charge on any atom is -0.393 e. The van der Waals surface area contributed by atoms with E-state index in [4.69, 9.17) is 0 Å². The number of hydrogen-bond donors (Lipinski definition) is 3. The van der Waals surface area contributed by atoms with Crippen molar-refractivity contribution in [1.29, 1.82) is 0 Å². The monoisotopic (exact) mass is 518 g/mol. The molecule has 196 valence electrons. The Morgan fingerprint density at radius 3 is 2.31 bits per heavy atom. The molecule has 3 aromatic carbocycles. The fourth-order valence-corrected chi connectivity index (χ4v) is 4.94. The van der Waals surface area contributed by atoms with Crippen molar-refractivity contribution in [1.82, 2.24) is 14.8 Å². The van der Waals surface area contributed by atoms with E-state index in [-0.39, 0.29) is 12.0 Å². The number of aromatic nitrogens is 3. The Morgan fingerprint density at radius 2 is 1.56 bits per heavy atom. The number of nitrogens with one attached hydrogen (secondary N) is 2. The van der Waals surface area contributed by atoms with Gasteiger partial charge in [-0.25, -0.2) is 4.68 Å². The fraction of sp³-hybridized carbons (Fsp3) is 0.194. The number of aliphatic hydroxyl groups excluding tert-OH is 1. The standard InChI is InChI=1S/C31H30N6O2/c1-21-18-22(12-15-32-21)31(39)35-25-4-9-28(10-5-25)37-30-11-6-26(19-23(30)20-33-37)34-24-2-7-27(8-3-24)36-16-13-29(38)14-17-36/h2-12,15,18-20,29,34,38H,13-14,16-17H2,1H3,(H,35,39). The molecule has 0 atom stereocenters. The van der Waals surface area contributed by atoms with Crippen LogP contribution in [0.1, 0.15) is 28.9 Å². The highest BCUT2D eigenvalue weighted by Crippen LogP contribution is 2.27. The minimum absolute atomic E-state index is 0.168. The van der Waals surface area contributed by atoms with E-state index in [0.717, 1.165) is 59.6 Å². The average molecular weight is 519 g/mol. The number of anilines is 4. The number of aliphatic hydroxyl groups is 1. The van der Waals surface area contributed by atoms with Crippen LogP contribution in [0.15, 0.2) is 91.3 Å². The molecule has 1 fully saturated rings. The summed E-state index contributed by atoms with van der Waals surface area (Å²) in [5.74, 6) is -0.168. The number of aryl methyl sites for hydroxylation is 1. The molecule has 0 radical (unpaired) electrons. The van der Waals surface area contributed by atoms with Crippen LogP contribution in [-0.2, 0) is 0 Å². The van der Waals surface area contributed by atoms with Crippen molar-refractivity contribution in [3.8, 4) is 5.69 Å². The van der Waals surface area contributed by atoms with Gasteiger partial charge in [-0.15, -0.1) is 0 Å². The summed E-state index contributed by atoms with van der Waals surface area (Å²) >= 11 is 0. The van der Waals surface area contributed by atoms with E-state index >= 15 is 0 Å². The molecular formula is C31H30N6O2. The molecule has 0 saturated carbocycles. The van der Waals surface area contributed by atoms with Crippen LogP contribution in [0.4, 0.5) is 22.7 Å². The quantitative estimate of drug-likeness (QED) is 0.268. The van der Waals surface area contributed by atoms with Gasteiger partial charge in [0.05, 0.1) is 23.5 Å². The van der Waals surface area contributed by atoms with Crippen LogP contribution >= 0.6 is 0 Å². The second-order valence-electron chi connectivity index (χ2n) is 9.91. The van der Waals surface area contributed by atoms with Gasteiger partial charge in [0, 0.05) is 58.7 Å². The topological polar surface area (TPSA) is 95.3 Å². The van der Waals surface area contributed by atoms with Gasteiger partial charge < -0.3 is 20.6 Å². The zero-order valence-corrected chi connectivity index (χ0v) is 21.7. The first-order chi connectivity index (χ1) is 19.0. The number of nitrogens with zero attached hydrogens (tertiary/aromatic N) is 4. The fourth-order valence-electron chi connectivity index (χ4n) is 4.94. The molecule has 0 unspecified atom stereocenters. The number of fused-ring (bicyclic) bond motifs is 1. The Morgan fingerprint density at radius 1 is 0.872 bits per heavy atom. The number of benzene rings is 3. The van der Waals surface area contributed by atoms with Crippen LogP contribution in [0.25, 0.3) is 16.6 Å². The number of amides is 1. The van der Waals surface area contributed by atoms with E-state index in [0.29, 0.717) is 11.3 Å². The van der Waals surface area contributed by atoms with Gasteiger partial charge in [0.15, 0.2) is 0 Å². The van der Waals surface area contributed by atoms with Gasteiger partial charge in [0.2, 0.25) is 0 Å². The van der Waals surface area contributed by atoms with Crippen molar-refractivity contribution in [3.63, 3.8) is 0 Å². The highest BCUT2D eigenvalue weighted by atomic mass is 16.3. The van der Waals surface area contributed by atoms with Gasteiger partial charge in [0.25, 0.3) is 5.91 Å². The van der Waals surface area contributed by atoms with Gasteiger partial charge in [-0.05, 0) is 98.6 Å². The normalized spacial score (nSPS) is 13.9. The van der Waals surface area contributed by atoms with Crippen LogP contribution in [0.5, 0.6) is 0 Å². The number of piperidine rings is 1. The Labute approximate surface area is 226 Å². The average Bonchev–Trinajstić information content (AvgIpc) is 3.38. The lowest BCUT2D eigenvalue weighted by molar-refractivity contribution is 0.102. The summed E-state index contributed by atoms with van der Waals surface area (Å²) in [7, 11) is 0. The summed E-state index contributed by atoms with van der Waals surface area (Å²) in [5, 5.41) is 21.8. The van der Waals surface area contributed by atoms with Gasteiger partial charge in [0.1, 0.15) is 0 Å². The molecule has 1 aliphatic rings. The molecule has 3 heterocycles. The molecule has 0 aliphatic carbocycles. The van der Waals surface area contributed by atoms with Gasteiger partial charge in [-0.3, -0.25) is 9.78 Å². The molecule has 1 amide bonds. The summed E-state index contributed by atoms with van der Waals surface area (Å²) in [6, 6.07) is 25.7. The maximum atomic E-state index is 12.5. The summed E-state index contributed by atoms with van der Waals surface area (Å²) in [5.41, 5.74) is 7.17. The van der Waals surface area contributed by atoms with E-state index in [1.54, 1.807) is 18.3 Å². The summed E-state index contributed by atoms with van der Waals surface area (Å²) in [6.45, 7) is 3.63. The van der Waals surface area contributed by atoms with Gasteiger partial charge >= 0.3 is 0 Å². The molecule has 6 rings (SSSR count). The number of rotatable bonds is 6. The van der Waals surface area contributed by atoms with Gasteiger partial charge in [-0.1, -0.05) is 0 Å². The number of pyridine rings is 1. The zero-order valence-electron chi connectivity index (χ0n) is 21.7. The lowest BCUT2D eigenvalue weighted by Crippen LogP contribution is -2.35. The highest BCUT2D eigenvalue weighted by Gasteiger charge is 2.17. The molecule has 8 heteroatoms. The maximum Gasteiger partial charge on any atom is 0.255 e. The molecule has 39 heavy (non-hydrogen) atoms. The van der Waals surface area contributed by atoms with Crippen molar-refractivity contribution >= 4 is 39.6 Å². The third kappa shape index (κ3) is 5.46. The van der Waals surface area contributed by atoms with Crippen molar-refractivity contribution in [2.24, 2.45) is 0 Å². The maximum absolute atomic E-state index is 12.5. The Kier molecular flexibility index (Phi) is 6.69. The molecule has 1 saturated heterocycles. The second-order valence-corrected chi connectivity index (χ2v) is 9.91. The first-order valence-electron chi connectivity index (χ1n) is 13.1. The lowest BCUT2D eigenvalue weighted by Gasteiger charge is -2.31. The number of carbonyl (C=O) groups is 1. The number of carbonyl (C=O) groups excluding carboxylic acids is 1. The van der Waals surface area contributed by atoms with Crippen LogP contribution in [0.3, 0.4) is 0 Å². The minimum atomic E-state index is -0.170. The van der Waals surface area contributed by atoms with Crippen molar-refractivity contribution < 1.29 is 9.90 Å². The third-order valence-corrected chi connectivity index (χ3v) is 7.08. The van der Waals surface area contributed by atoms with Crippen molar-refractivity contribution in [3.05, 3.63) is 103 Å². The van der Waals surface area contributed by atoms with Crippen LogP contribution in [0.2, 0.25) is 0 Å². The summed E-state index contributed by atoms with van der Waals surface area (Å²) in [6.07, 6.45) is 4.96. The van der Waals surface area contributed by atoms with E-state index in [2.05, 4.69) is 62.0 Å². The molecule has 2 aromatic heterocycles. The molecule has 3 N–H and O–H groups in total. The van der Waals surface area contributed by atoms with Crippen LogP contribution in [-0.4, -0.2) is 45.0 Å². The Hall–Kier alpha value is -4.69. The molecule has 0 spiro atoms. The predicted octanol–water partition coefficient (Wildman–Crippen LogP) is 5.69. The summed E-state index contributed by atoms with van der Waals surface area (Å²) < 4.78 is 1.89. The molecule has 5 aromatic rings. The third-order valence-electron chi connectivity index (χ3n) is 7.08. The Bertz CT molecular complexity index is 1600. The highest BCUT2D eigenvalue weighted by molar-refractivity contribution is 6.04. The Balaban J connectivity index is 1.13. The predicted molar refractivity (Wildman–Crippen MR) is 155 cm³/mol. The molecular weight excluding hydrogens is 488 g/mol. The van der Waals surface area contributed by atoms with Gasteiger partial charge in [-0.2, -0.15) is 5.10 Å². The number of hydrogen-bond acceptors (Lipinski definition) is 6. The second kappa shape index (κ2) is 10.6. The first-order valence-corrected chi connectivity index (χ1v) is 13.1. The van der Waals surface area contributed by atoms with E-state index < -0.39 is 0 Å². The van der Waals surface area contributed by atoms with E-state index in [1.165, 1.54) is 5.69 Å². The molecule has 0 bridgehead atoms.